The van der Waals surface area contributed by atoms with Crippen LogP contribution in [0.1, 0.15) is 5.56 Å². The molecule has 0 radical (unpaired) electrons. The number of nitrogens with one attached hydrogen (secondary N) is 1. The molecule has 154 valence electrons. The van der Waals surface area contributed by atoms with Crippen molar-refractivity contribution in [3.8, 4) is 11.3 Å². The first-order valence-corrected chi connectivity index (χ1v) is 8.23. The molecule has 0 fully saturated rings. The summed E-state index contributed by atoms with van der Waals surface area (Å²) in [4.78, 5) is 26.3. The molecule has 0 unspecified atom stereocenters. The molecule has 9 nitrogen and oxygen atoms in total. The van der Waals surface area contributed by atoms with Crippen LogP contribution < -0.4 is 16.5 Å². The maximum absolute atomic E-state index is 14.5. The molecule has 30 heavy (non-hydrogen) atoms. The smallest absolute Gasteiger partial charge is 0.230 e. The number of nitrogen functional groups attached to an aromatic ring is 1. The van der Waals surface area contributed by atoms with Crippen molar-refractivity contribution < 1.29 is 27.5 Å². The molecule has 1 amide bonds. The van der Waals surface area contributed by atoms with E-state index < -0.39 is 64.2 Å². The molecule has 1 heterocycles. The predicted molar refractivity (Wildman–Crippen MR) is 101 cm³/mol. The zero-order valence-electron chi connectivity index (χ0n) is 14.9. The Balaban J connectivity index is 2.09. The maximum Gasteiger partial charge on any atom is 0.230 e. The van der Waals surface area contributed by atoms with E-state index in [-0.39, 0.29) is 17.0 Å². The van der Waals surface area contributed by atoms with E-state index in [9.17, 15) is 22.8 Å². The molecular weight excluding hydrogens is 407 g/mol. The summed E-state index contributed by atoms with van der Waals surface area (Å²) in [7, 11) is 0. The second-order valence-electron chi connectivity index (χ2n) is 5.99. The number of amides is 1. The molecule has 0 saturated carbocycles. The lowest BCUT2D eigenvalue weighted by atomic mass is 10.1. The van der Waals surface area contributed by atoms with Gasteiger partial charge in [0.2, 0.25) is 5.91 Å². The van der Waals surface area contributed by atoms with Crippen LogP contribution >= 0.6 is 0 Å². The van der Waals surface area contributed by atoms with Crippen molar-refractivity contribution in [1.82, 2.24) is 0 Å². The summed E-state index contributed by atoms with van der Waals surface area (Å²) in [6.07, 6.45) is 0. The minimum Gasteiger partial charge on any atom is -0.453 e. The van der Waals surface area contributed by atoms with Crippen LogP contribution in [-0.2, 0) is 11.4 Å². The van der Waals surface area contributed by atoms with Crippen LogP contribution in [0.2, 0.25) is 0 Å². The molecule has 3 aromatic rings. The van der Waals surface area contributed by atoms with E-state index in [1.54, 1.807) is 0 Å². The standard InChI is InChI=1S/C18H12F3N5O4/c19-9-3-7(1-2-10(9)25-13(29)5-24-26-23)12-4-11(28)14-17(22)15(20)8(6-27)16(21)18(14)30-12/h1-4,27H,5-6,22H2,(H,25,29). The number of rotatable bonds is 5. The van der Waals surface area contributed by atoms with Gasteiger partial charge in [0.25, 0.3) is 0 Å². The summed E-state index contributed by atoms with van der Waals surface area (Å²) >= 11 is 0. The van der Waals surface area contributed by atoms with E-state index in [2.05, 4.69) is 15.3 Å². The van der Waals surface area contributed by atoms with Gasteiger partial charge < -0.3 is 20.6 Å². The number of benzene rings is 2. The number of aliphatic hydroxyl groups is 1. The second-order valence-corrected chi connectivity index (χ2v) is 5.99. The lowest BCUT2D eigenvalue weighted by Gasteiger charge is -2.11. The van der Waals surface area contributed by atoms with Gasteiger partial charge in [-0.15, -0.1) is 0 Å². The fourth-order valence-electron chi connectivity index (χ4n) is 2.75. The second kappa shape index (κ2) is 8.15. The van der Waals surface area contributed by atoms with Crippen LogP contribution in [0.4, 0.5) is 24.5 Å². The maximum atomic E-state index is 14.5. The third-order valence-corrected chi connectivity index (χ3v) is 4.15. The van der Waals surface area contributed by atoms with Crippen LogP contribution in [0, 0.1) is 17.5 Å². The number of fused-ring (bicyclic) bond motifs is 1. The van der Waals surface area contributed by atoms with Crippen molar-refractivity contribution in [2.45, 2.75) is 6.61 Å². The van der Waals surface area contributed by atoms with Crippen molar-refractivity contribution in [3.63, 3.8) is 0 Å². The first-order chi connectivity index (χ1) is 14.3. The van der Waals surface area contributed by atoms with Crippen molar-refractivity contribution in [1.29, 1.82) is 0 Å². The first kappa shape index (κ1) is 20.7. The molecule has 0 saturated heterocycles. The normalized spacial score (nSPS) is 10.7. The van der Waals surface area contributed by atoms with Gasteiger partial charge in [0.1, 0.15) is 18.1 Å². The fourth-order valence-corrected chi connectivity index (χ4v) is 2.75. The van der Waals surface area contributed by atoms with Gasteiger partial charge in [0, 0.05) is 16.5 Å². The zero-order valence-corrected chi connectivity index (χ0v) is 14.9. The van der Waals surface area contributed by atoms with E-state index >= 15 is 0 Å². The Labute approximate surface area is 165 Å². The van der Waals surface area contributed by atoms with Gasteiger partial charge in [-0.3, -0.25) is 9.59 Å². The molecule has 3 rings (SSSR count). The molecule has 0 atom stereocenters. The summed E-state index contributed by atoms with van der Waals surface area (Å²) in [5.41, 5.74) is 10.5. The summed E-state index contributed by atoms with van der Waals surface area (Å²) in [6.45, 7) is -1.56. The van der Waals surface area contributed by atoms with Crippen LogP contribution in [0.15, 0.2) is 38.6 Å². The van der Waals surface area contributed by atoms with Crippen molar-refractivity contribution >= 4 is 28.3 Å². The number of nitrogens with two attached hydrogens (primary N) is 1. The van der Waals surface area contributed by atoms with Gasteiger partial charge in [0.05, 0.1) is 28.9 Å². The quantitative estimate of drug-likeness (QED) is 0.251. The number of hydrogen-bond acceptors (Lipinski definition) is 6. The Kier molecular flexibility index (Phi) is 5.63. The summed E-state index contributed by atoms with van der Waals surface area (Å²) in [5, 5.41) is 13.8. The van der Waals surface area contributed by atoms with Gasteiger partial charge in [-0.2, -0.15) is 0 Å². The van der Waals surface area contributed by atoms with E-state index in [4.69, 9.17) is 20.8 Å². The van der Waals surface area contributed by atoms with Crippen molar-refractivity contribution in [2.24, 2.45) is 5.11 Å². The lowest BCUT2D eigenvalue weighted by Crippen LogP contribution is -2.15. The minimum atomic E-state index is -1.31. The van der Waals surface area contributed by atoms with Crippen LogP contribution in [-0.4, -0.2) is 17.6 Å². The largest absolute Gasteiger partial charge is 0.453 e. The highest BCUT2D eigenvalue weighted by Crippen LogP contribution is 2.32. The fraction of sp³-hybridized carbons (Fsp3) is 0.111. The average molecular weight is 419 g/mol. The Morgan fingerprint density at radius 2 is 2.00 bits per heavy atom. The van der Waals surface area contributed by atoms with Gasteiger partial charge in [-0.25, -0.2) is 13.2 Å². The summed E-state index contributed by atoms with van der Waals surface area (Å²) in [6, 6.07) is 4.21. The number of carbonyl (C=O) groups is 1. The number of azide groups is 1. The highest BCUT2D eigenvalue weighted by Gasteiger charge is 2.23. The van der Waals surface area contributed by atoms with Crippen LogP contribution in [0.3, 0.4) is 0 Å². The lowest BCUT2D eigenvalue weighted by molar-refractivity contribution is -0.114. The topological polar surface area (TPSA) is 154 Å². The van der Waals surface area contributed by atoms with Crippen molar-refractivity contribution in [3.05, 3.63) is 67.9 Å². The summed E-state index contributed by atoms with van der Waals surface area (Å²) in [5.74, 6) is -4.51. The Bertz CT molecular complexity index is 1290. The van der Waals surface area contributed by atoms with Crippen molar-refractivity contribution in [2.75, 3.05) is 17.6 Å². The molecule has 0 aliphatic carbocycles. The summed E-state index contributed by atoms with van der Waals surface area (Å²) < 4.78 is 48.2. The molecule has 0 aliphatic rings. The van der Waals surface area contributed by atoms with Crippen LogP contribution in [0.5, 0.6) is 0 Å². The van der Waals surface area contributed by atoms with E-state index in [0.717, 1.165) is 18.2 Å². The molecule has 1 aromatic heterocycles. The van der Waals surface area contributed by atoms with Crippen LogP contribution in [0.25, 0.3) is 32.7 Å². The van der Waals surface area contributed by atoms with Gasteiger partial charge in [-0.1, -0.05) is 5.11 Å². The zero-order chi connectivity index (χ0) is 22.0. The molecule has 2 aromatic carbocycles. The molecule has 0 bridgehead atoms. The SMILES string of the molecule is [N-]=[N+]=NCC(=O)Nc1ccc(-c2cc(=O)c3c(N)c(F)c(CO)c(F)c3o2)cc1F. The Hall–Kier alpha value is -4.02. The molecule has 4 N–H and O–H groups in total. The third kappa shape index (κ3) is 3.64. The monoisotopic (exact) mass is 419 g/mol. The Morgan fingerprint density at radius 1 is 1.27 bits per heavy atom. The number of aliphatic hydroxyl groups excluding tert-OH is 1. The van der Waals surface area contributed by atoms with Gasteiger partial charge in [-0.05, 0) is 23.7 Å². The number of nitrogens with zero attached hydrogens (tertiary/aromatic N) is 3. The number of carbonyl (C=O) groups excluding carboxylic acids is 1. The first-order valence-electron chi connectivity index (χ1n) is 8.23. The van der Waals surface area contributed by atoms with Gasteiger partial charge >= 0.3 is 0 Å². The number of anilines is 2. The predicted octanol–water partition coefficient (Wildman–Crippen LogP) is 3.20. The third-order valence-electron chi connectivity index (χ3n) is 4.15. The average Bonchev–Trinajstić information content (AvgIpc) is 2.72. The number of hydrogen-bond donors (Lipinski definition) is 3. The van der Waals surface area contributed by atoms with Gasteiger partial charge in [0.15, 0.2) is 22.6 Å². The molecular formula is C18H12F3N5O4. The highest BCUT2D eigenvalue weighted by atomic mass is 19.1. The van der Waals surface area contributed by atoms with E-state index in [0.29, 0.717) is 0 Å². The highest BCUT2D eigenvalue weighted by molar-refractivity contribution is 5.93. The minimum absolute atomic E-state index is 0.00684. The Morgan fingerprint density at radius 3 is 2.63 bits per heavy atom. The van der Waals surface area contributed by atoms with E-state index in [1.807, 2.05) is 0 Å². The number of halogens is 3. The molecule has 0 aliphatic heterocycles. The van der Waals surface area contributed by atoms with E-state index in [1.165, 1.54) is 6.07 Å². The molecule has 0 spiro atoms. The molecule has 12 heteroatoms.